The molecule has 0 aliphatic heterocycles. The zero-order valence-corrected chi connectivity index (χ0v) is 14.6. The van der Waals surface area contributed by atoms with Crippen LogP contribution in [0.25, 0.3) is 0 Å². The SMILES string of the molecule is CCNC(C)c1cc(Br)ccc1OCCCS(C)(=O)=O. The first-order chi connectivity index (χ1) is 9.33. The van der Waals surface area contributed by atoms with E-state index in [0.29, 0.717) is 13.0 Å². The predicted molar refractivity (Wildman–Crippen MR) is 86.1 cm³/mol. The largest absolute Gasteiger partial charge is 0.493 e. The molecule has 1 rings (SSSR count). The van der Waals surface area contributed by atoms with Crippen LogP contribution in [-0.2, 0) is 9.84 Å². The van der Waals surface area contributed by atoms with Crippen LogP contribution in [0.15, 0.2) is 22.7 Å². The number of halogens is 1. The summed E-state index contributed by atoms with van der Waals surface area (Å²) < 4.78 is 28.9. The van der Waals surface area contributed by atoms with Gasteiger partial charge >= 0.3 is 0 Å². The summed E-state index contributed by atoms with van der Waals surface area (Å²) in [4.78, 5) is 0. The Labute approximate surface area is 130 Å². The Kier molecular flexibility index (Phi) is 6.99. The number of rotatable bonds is 8. The minimum absolute atomic E-state index is 0.154. The van der Waals surface area contributed by atoms with Gasteiger partial charge in [-0.05, 0) is 38.1 Å². The minimum Gasteiger partial charge on any atom is -0.493 e. The Morgan fingerprint density at radius 3 is 2.70 bits per heavy atom. The minimum atomic E-state index is -2.92. The molecule has 0 aliphatic rings. The van der Waals surface area contributed by atoms with Crippen molar-refractivity contribution in [3.05, 3.63) is 28.2 Å². The van der Waals surface area contributed by atoms with E-state index in [2.05, 4.69) is 35.1 Å². The fraction of sp³-hybridized carbons (Fsp3) is 0.571. The van der Waals surface area contributed by atoms with Crippen molar-refractivity contribution < 1.29 is 13.2 Å². The second-order valence-electron chi connectivity index (χ2n) is 4.79. The average Bonchev–Trinajstić information content (AvgIpc) is 2.35. The first kappa shape index (κ1) is 17.5. The van der Waals surface area contributed by atoms with Crippen LogP contribution in [0.1, 0.15) is 31.9 Å². The Bertz CT molecular complexity index is 531. The lowest BCUT2D eigenvalue weighted by molar-refractivity contribution is 0.311. The van der Waals surface area contributed by atoms with E-state index in [1.54, 1.807) is 0 Å². The summed E-state index contributed by atoms with van der Waals surface area (Å²) in [5.74, 6) is 0.955. The van der Waals surface area contributed by atoms with Crippen molar-refractivity contribution in [2.24, 2.45) is 0 Å². The number of hydrogen-bond acceptors (Lipinski definition) is 4. The summed E-state index contributed by atoms with van der Waals surface area (Å²) in [6.07, 6.45) is 1.75. The lowest BCUT2D eigenvalue weighted by Crippen LogP contribution is -2.19. The molecule has 114 valence electrons. The monoisotopic (exact) mass is 363 g/mol. The van der Waals surface area contributed by atoms with Gasteiger partial charge in [0.15, 0.2) is 0 Å². The quantitative estimate of drug-likeness (QED) is 0.721. The van der Waals surface area contributed by atoms with Gasteiger partial charge in [-0.25, -0.2) is 8.42 Å². The lowest BCUT2D eigenvalue weighted by atomic mass is 10.1. The standard InChI is InChI=1S/C14H22BrNO3S/c1-4-16-11(2)13-10-12(15)6-7-14(13)19-8-5-9-20(3,17)18/h6-7,10-11,16H,4-5,8-9H2,1-3H3. The third kappa shape index (κ3) is 6.24. The van der Waals surface area contributed by atoms with Crippen molar-refractivity contribution in [3.63, 3.8) is 0 Å². The summed E-state index contributed by atoms with van der Waals surface area (Å²) in [7, 11) is -2.92. The van der Waals surface area contributed by atoms with Crippen LogP contribution in [-0.4, -0.2) is 33.6 Å². The second kappa shape index (κ2) is 8.00. The maximum Gasteiger partial charge on any atom is 0.147 e. The van der Waals surface area contributed by atoms with Crippen molar-refractivity contribution in [2.75, 3.05) is 25.2 Å². The zero-order valence-electron chi connectivity index (χ0n) is 12.1. The average molecular weight is 364 g/mol. The van der Waals surface area contributed by atoms with Gasteiger partial charge in [-0.15, -0.1) is 0 Å². The number of benzene rings is 1. The zero-order chi connectivity index (χ0) is 15.2. The fourth-order valence-corrected chi connectivity index (χ4v) is 2.93. The van der Waals surface area contributed by atoms with Crippen LogP contribution in [0.5, 0.6) is 5.75 Å². The molecule has 1 N–H and O–H groups in total. The molecule has 1 aromatic carbocycles. The summed E-state index contributed by atoms with van der Waals surface area (Å²) in [5, 5.41) is 3.35. The molecule has 0 aliphatic carbocycles. The molecule has 0 spiro atoms. The van der Waals surface area contributed by atoms with Gasteiger partial charge in [0, 0.05) is 22.3 Å². The van der Waals surface area contributed by atoms with Crippen molar-refractivity contribution in [1.29, 1.82) is 0 Å². The smallest absolute Gasteiger partial charge is 0.147 e. The van der Waals surface area contributed by atoms with E-state index in [1.165, 1.54) is 6.26 Å². The number of nitrogens with one attached hydrogen (secondary N) is 1. The number of ether oxygens (including phenoxy) is 1. The first-order valence-corrected chi connectivity index (χ1v) is 9.52. The van der Waals surface area contributed by atoms with Crippen LogP contribution in [0, 0.1) is 0 Å². The van der Waals surface area contributed by atoms with Crippen LogP contribution < -0.4 is 10.1 Å². The lowest BCUT2D eigenvalue weighted by Gasteiger charge is -2.18. The van der Waals surface area contributed by atoms with Crippen LogP contribution in [0.2, 0.25) is 0 Å². The van der Waals surface area contributed by atoms with Crippen molar-refractivity contribution in [3.8, 4) is 5.75 Å². The molecule has 6 heteroatoms. The molecule has 0 saturated heterocycles. The van der Waals surface area contributed by atoms with Crippen LogP contribution >= 0.6 is 15.9 Å². The Morgan fingerprint density at radius 2 is 2.10 bits per heavy atom. The topological polar surface area (TPSA) is 55.4 Å². The maximum atomic E-state index is 11.1. The molecular formula is C14H22BrNO3S. The highest BCUT2D eigenvalue weighted by Gasteiger charge is 2.12. The Hall–Kier alpha value is -0.590. The summed E-state index contributed by atoms with van der Waals surface area (Å²) in [6.45, 7) is 5.41. The molecule has 0 radical (unpaired) electrons. The van der Waals surface area contributed by atoms with Gasteiger partial charge in [-0.1, -0.05) is 22.9 Å². The summed E-state index contributed by atoms with van der Waals surface area (Å²) in [5.41, 5.74) is 1.07. The molecule has 0 fully saturated rings. The highest BCUT2D eigenvalue weighted by molar-refractivity contribution is 9.10. The highest BCUT2D eigenvalue weighted by atomic mass is 79.9. The molecule has 1 aromatic rings. The predicted octanol–water partition coefficient (Wildman–Crippen LogP) is 2.93. The van der Waals surface area contributed by atoms with Gasteiger partial charge in [-0.2, -0.15) is 0 Å². The van der Waals surface area contributed by atoms with Gasteiger partial charge in [0.1, 0.15) is 15.6 Å². The fourth-order valence-electron chi connectivity index (χ4n) is 1.91. The van der Waals surface area contributed by atoms with E-state index >= 15 is 0 Å². The van der Waals surface area contributed by atoms with Gasteiger partial charge in [-0.3, -0.25) is 0 Å². The molecule has 1 unspecified atom stereocenters. The molecule has 0 amide bonds. The number of hydrogen-bond donors (Lipinski definition) is 1. The molecule has 1 atom stereocenters. The summed E-state index contributed by atoms with van der Waals surface area (Å²) >= 11 is 3.46. The Balaban J connectivity index is 2.69. The maximum absolute atomic E-state index is 11.1. The third-order valence-electron chi connectivity index (χ3n) is 2.87. The van der Waals surface area contributed by atoms with Crippen LogP contribution in [0.3, 0.4) is 0 Å². The Morgan fingerprint density at radius 1 is 1.40 bits per heavy atom. The van der Waals surface area contributed by atoms with E-state index in [-0.39, 0.29) is 11.8 Å². The van der Waals surface area contributed by atoms with Gasteiger partial charge in [0.05, 0.1) is 12.4 Å². The summed E-state index contributed by atoms with van der Waals surface area (Å²) in [6, 6.07) is 6.04. The highest BCUT2D eigenvalue weighted by Crippen LogP contribution is 2.28. The van der Waals surface area contributed by atoms with E-state index in [0.717, 1.165) is 22.3 Å². The molecule has 0 aromatic heterocycles. The van der Waals surface area contributed by atoms with Crippen LogP contribution in [0.4, 0.5) is 0 Å². The van der Waals surface area contributed by atoms with E-state index < -0.39 is 9.84 Å². The number of sulfone groups is 1. The van der Waals surface area contributed by atoms with E-state index in [4.69, 9.17) is 4.74 Å². The normalized spacial score (nSPS) is 13.2. The van der Waals surface area contributed by atoms with E-state index in [9.17, 15) is 8.42 Å². The molecule has 4 nitrogen and oxygen atoms in total. The molecule has 20 heavy (non-hydrogen) atoms. The molecule has 0 bridgehead atoms. The third-order valence-corrected chi connectivity index (χ3v) is 4.39. The van der Waals surface area contributed by atoms with Crippen molar-refractivity contribution >= 4 is 25.8 Å². The molecule has 0 saturated carbocycles. The second-order valence-corrected chi connectivity index (χ2v) is 7.97. The molecule has 0 heterocycles. The van der Waals surface area contributed by atoms with Gasteiger partial charge in [0.2, 0.25) is 0 Å². The molecular weight excluding hydrogens is 342 g/mol. The van der Waals surface area contributed by atoms with Gasteiger partial charge in [0.25, 0.3) is 0 Å². The van der Waals surface area contributed by atoms with E-state index in [1.807, 2.05) is 18.2 Å². The van der Waals surface area contributed by atoms with Crippen molar-refractivity contribution in [1.82, 2.24) is 5.32 Å². The van der Waals surface area contributed by atoms with Crippen molar-refractivity contribution in [2.45, 2.75) is 26.3 Å². The first-order valence-electron chi connectivity index (χ1n) is 6.67. The van der Waals surface area contributed by atoms with Gasteiger partial charge < -0.3 is 10.1 Å².